The van der Waals surface area contributed by atoms with Crippen LogP contribution in [0.1, 0.15) is 43.4 Å². The quantitative estimate of drug-likeness (QED) is 0.848. The maximum Gasteiger partial charge on any atom is 0.195 e. The van der Waals surface area contributed by atoms with Gasteiger partial charge in [-0.1, -0.05) is 48.9 Å². The van der Waals surface area contributed by atoms with Crippen LogP contribution in [0.25, 0.3) is 16.7 Å². The van der Waals surface area contributed by atoms with Crippen LogP contribution < -0.4 is 0 Å². The van der Waals surface area contributed by atoms with Crippen LogP contribution in [0.2, 0.25) is 0 Å². The number of aliphatic hydroxyl groups is 1. The molecule has 2 heterocycles. The highest BCUT2D eigenvalue weighted by molar-refractivity contribution is 6.25. The summed E-state index contributed by atoms with van der Waals surface area (Å²) in [7, 11) is 0. The van der Waals surface area contributed by atoms with E-state index in [-0.39, 0.29) is 11.5 Å². The Kier molecular flexibility index (Phi) is 4.00. The van der Waals surface area contributed by atoms with Crippen molar-refractivity contribution in [3.8, 4) is 11.1 Å². The number of hydrogen-bond acceptors (Lipinski definition) is 3. The lowest BCUT2D eigenvalue weighted by Crippen LogP contribution is -2.37. The van der Waals surface area contributed by atoms with E-state index in [4.69, 9.17) is 4.74 Å². The molecule has 2 aliphatic heterocycles. The average Bonchev–Trinajstić information content (AvgIpc) is 3.02. The Morgan fingerprint density at radius 3 is 2.54 bits per heavy atom. The Bertz CT molecular complexity index is 908. The lowest BCUT2D eigenvalue weighted by molar-refractivity contribution is -0.130. The van der Waals surface area contributed by atoms with Crippen molar-refractivity contribution < 1.29 is 14.6 Å². The second kappa shape index (κ2) is 6.10. The van der Waals surface area contributed by atoms with Crippen molar-refractivity contribution >= 4 is 11.4 Å². The summed E-state index contributed by atoms with van der Waals surface area (Å²) in [5, 5.41) is 10.9. The first kappa shape index (κ1) is 17.0. The fourth-order valence-corrected chi connectivity index (χ4v) is 4.04. The predicted octanol–water partition coefficient (Wildman–Crippen LogP) is 5.01. The first-order valence-electron chi connectivity index (χ1n) is 9.29. The summed E-state index contributed by atoms with van der Waals surface area (Å²) >= 11 is 0. The van der Waals surface area contributed by atoms with Gasteiger partial charge in [0.1, 0.15) is 17.5 Å². The molecule has 0 aliphatic carbocycles. The Morgan fingerprint density at radius 2 is 1.85 bits per heavy atom. The maximum absolute atomic E-state index is 13.0. The van der Waals surface area contributed by atoms with Gasteiger partial charge in [0.2, 0.25) is 0 Å². The van der Waals surface area contributed by atoms with E-state index in [1.807, 2.05) is 13.0 Å². The molecule has 0 radical (unpaired) electrons. The van der Waals surface area contributed by atoms with Crippen molar-refractivity contribution in [3.63, 3.8) is 0 Å². The van der Waals surface area contributed by atoms with Crippen molar-refractivity contribution in [1.82, 2.24) is 0 Å². The zero-order chi connectivity index (χ0) is 18.5. The van der Waals surface area contributed by atoms with Gasteiger partial charge in [-0.05, 0) is 61.4 Å². The largest absolute Gasteiger partial charge is 0.508 e. The molecule has 1 saturated heterocycles. The third kappa shape index (κ3) is 2.58. The van der Waals surface area contributed by atoms with E-state index in [9.17, 15) is 9.90 Å². The lowest BCUT2D eigenvalue weighted by Gasteiger charge is -2.31. The zero-order valence-corrected chi connectivity index (χ0v) is 15.5. The second-order valence-electron chi connectivity index (χ2n) is 7.56. The summed E-state index contributed by atoms with van der Waals surface area (Å²) in [5.41, 5.74) is 4.99. The molecular formula is C23H24O3. The summed E-state index contributed by atoms with van der Waals surface area (Å²) in [6.45, 7) is 6.02. The average molecular weight is 348 g/mol. The predicted molar refractivity (Wildman–Crippen MR) is 103 cm³/mol. The van der Waals surface area contributed by atoms with Crippen molar-refractivity contribution in [3.05, 3.63) is 64.9 Å². The van der Waals surface area contributed by atoms with Gasteiger partial charge in [0, 0.05) is 0 Å². The topological polar surface area (TPSA) is 46.5 Å². The maximum atomic E-state index is 13.0. The lowest BCUT2D eigenvalue weighted by atomic mass is 9.86. The monoisotopic (exact) mass is 348 g/mol. The normalized spacial score (nSPS) is 25.0. The van der Waals surface area contributed by atoms with E-state index >= 15 is 0 Å². The number of ether oxygens (including phenoxy) is 1. The summed E-state index contributed by atoms with van der Waals surface area (Å²) in [5.74, 6) is 0.000220. The number of carbonyl (C=O) groups is 1. The number of aryl methyl sites for hydroxylation is 2. The number of aliphatic hydroxyl groups excluding tert-OH is 1. The van der Waals surface area contributed by atoms with Gasteiger partial charge in [-0.25, -0.2) is 0 Å². The van der Waals surface area contributed by atoms with Crippen LogP contribution >= 0.6 is 0 Å². The number of rotatable bonds is 3. The van der Waals surface area contributed by atoms with E-state index in [2.05, 4.69) is 50.2 Å². The molecule has 4 rings (SSSR count). The van der Waals surface area contributed by atoms with Gasteiger partial charge in [0.15, 0.2) is 5.78 Å². The highest BCUT2D eigenvalue weighted by Gasteiger charge is 2.50. The molecule has 0 spiro atoms. The van der Waals surface area contributed by atoms with Crippen LogP contribution in [0.15, 0.2) is 48.2 Å². The fourth-order valence-electron chi connectivity index (χ4n) is 4.04. The molecule has 2 bridgehead atoms. The number of fused-ring (bicyclic) bond motifs is 2. The van der Waals surface area contributed by atoms with Crippen molar-refractivity contribution in [2.75, 3.05) is 0 Å². The standard InChI is InChI=1S/C23H24O3/c1-4-15-9-10-17(16-7-5-14(2)6-8-16)13-18(15)20-21(24)19-11-12-23(3,26-19)22(20)25/h5-10,13,19,25H,4,11-12H2,1-3H3. The number of carbonyl (C=O) groups excluding carboxylic acids is 1. The van der Waals surface area contributed by atoms with Gasteiger partial charge < -0.3 is 9.84 Å². The zero-order valence-electron chi connectivity index (χ0n) is 15.5. The van der Waals surface area contributed by atoms with Crippen LogP contribution in [-0.2, 0) is 16.0 Å². The van der Waals surface area contributed by atoms with Gasteiger partial charge in [0.25, 0.3) is 0 Å². The molecule has 134 valence electrons. The minimum absolute atomic E-state index is 0.0896. The van der Waals surface area contributed by atoms with Gasteiger partial charge in [0.05, 0.1) is 5.57 Å². The first-order chi connectivity index (χ1) is 12.4. The fraction of sp³-hybridized carbons (Fsp3) is 0.348. The van der Waals surface area contributed by atoms with Gasteiger partial charge >= 0.3 is 0 Å². The number of Topliss-reactive ketones (excluding diaryl/α,β-unsaturated/α-hetero) is 1. The Balaban J connectivity index is 1.89. The van der Waals surface area contributed by atoms with Crippen molar-refractivity contribution in [2.24, 2.45) is 0 Å². The summed E-state index contributed by atoms with van der Waals surface area (Å²) < 4.78 is 5.81. The highest BCUT2D eigenvalue weighted by atomic mass is 16.5. The van der Waals surface area contributed by atoms with Crippen LogP contribution in [0, 0.1) is 6.92 Å². The van der Waals surface area contributed by atoms with E-state index in [0.717, 1.165) is 28.7 Å². The molecule has 2 atom stereocenters. The summed E-state index contributed by atoms with van der Waals surface area (Å²) in [4.78, 5) is 13.0. The van der Waals surface area contributed by atoms with Crippen LogP contribution in [0.4, 0.5) is 0 Å². The Hall–Kier alpha value is -2.39. The first-order valence-corrected chi connectivity index (χ1v) is 9.29. The van der Waals surface area contributed by atoms with Crippen molar-refractivity contribution in [2.45, 2.75) is 51.7 Å². The number of ketones is 1. The third-order valence-electron chi connectivity index (χ3n) is 5.71. The Labute approximate surface area is 154 Å². The van der Waals surface area contributed by atoms with Crippen molar-refractivity contribution in [1.29, 1.82) is 0 Å². The minimum Gasteiger partial charge on any atom is -0.508 e. The van der Waals surface area contributed by atoms with E-state index in [1.54, 1.807) is 0 Å². The molecule has 26 heavy (non-hydrogen) atoms. The van der Waals surface area contributed by atoms with Crippen LogP contribution in [0.5, 0.6) is 0 Å². The smallest absolute Gasteiger partial charge is 0.195 e. The molecule has 2 aromatic carbocycles. The second-order valence-corrected chi connectivity index (χ2v) is 7.56. The van der Waals surface area contributed by atoms with Crippen LogP contribution in [-0.4, -0.2) is 22.6 Å². The summed E-state index contributed by atoms with van der Waals surface area (Å²) in [6.07, 6.45) is 1.72. The molecular weight excluding hydrogens is 324 g/mol. The SMILES string of the molecule is CCc1ccc(-c2ccc(C)cc2)cc1C1=C(O)C2(C)CCC(O2)C1=O. The molecule has 0 amide bonds. The third-order valence-corrected chi connectivity index (χ3v) is 5.71. The molecule has 0 aromatic heterocycles. The molecule has 2 aliphatic rings. The van der Waals surface area contributed by atoms with E-state index < -0.39 is 11.7 Å². The highest BCUT2D eigenvalue weighted by Crippen LogP contribution is 2.45. The molecule has 1 fully saturated rings. The summed E-state index contributed by atoms with van der Waals surface area (Å²) in [6, 6.07) is 14.5. The van der Waals surface area contributed by atoms with E-state index in [0.29, 0.717) is 18.4 Å². The van der Waals surface area contributed by atoms with Crippen LogP contribution in [0.3, 0.4) is 0 Å². The van der Waals surface area contributed by atoms with Gasteiger partial charge in [-0.3, -0.25) is 4.79 Å². The molecule has 2 unspecified atom stereocenters. The molecule has 0 saturated carbocycles. The molecule has 2 aromatic rings. The molecule has 3 heteroatoms. The van der Waals surface area contributed by atoms with E-state index in [1.165, 1.54) is 5.56 Å². The Morgan fingerprint density at radius 1 is 1.15 bits per heavy atom. The molecule has 3 nitrogen and oxygen atoms in total. The van der Waals surface area contributed by atoms with Gasteiger partial charge in [-0.2, -0.15) is 0 Å². The number of hydrogen-bond donors (Lipinski definition) is 1. The minimum atomic E-state index is -0.737. The number of benzene rings is 2. The molecule has 1 N–H and O–H groups in total. The van der Waals surface area contributed by atoms with Gasteiger partial charge in [-0.15, -0.1) is 0 Å².